The summed E-state index contributed by atoms with van der Waals surface area (Å²) < 4.78 is 27.4. The van der Waals surface area contributed by atoms with E-state index in [0.717, 1.165) is 24.2 Å². The molecule has 1 aliphatic heterocycles. The fourth-order valence-electron chi connectivity index (χ4n) is 3.66. The number of benzene rings is 1. The Morgan fingerprint density at radius 2 is 2.16 bits per heavy atom. The van der Waals surface area contributed by atoms with Crippen molar-refractivity contribution in [2.45, 2.75) is 18.4 Å². The maximum atomic E-state index is 14.0. The van der Waals surface area contributed by atoms with Crippen LogP contribution in [0.3, 0.4) is 0 Å². The molecule has 25 heavy (non-hydrogen) atoms. The molecule has 0 spiro atoms. The van der Waals surface area contributed by atoms with Crippen LogP contribution in [0.2, 0.25) is 0 Å². The highest BCUT2D eigenvalue weighted by Gasteiger charge is 2.48. The van der Waals surface area contributed by atoms with Crippen LogP contribution < -0.4 is 5.32 Å². The molecule has 1 N–H and O–H groups in total. The molecule has 1 aliphatic carbocycles. The van der Waals surface area contributed by atoms with Crippen molar-refractivity contribution in [1.29, 1.82) is 0 Å². The minimum Gasteiger partial charge on any atom is -0.333 e. The molecular formula is C19H19F2N3O. The van der Waals surface area contributed by atoms with Gasteiger partial charge in [0.1, 0.15) is 11.6 Å². The number of aromatic nitrogens is 1. The number of piperazine rings is 1. The Bertz CT molecular complexity index is 783. The highest BCUT2D eigenvalue weighted by atomic mass is 19.1. The van der Waals surface area contributed by atoms with E-state index in [0.29, 0.717) is 25.1 Å². The third-order valence-electron chi connectivity index (χ3n) is 5.06. The number of pyridine rings is 1. The van der Waals surface area contributed by atoms with Crippen LogP contribution in [0.4, 0.5) is 8.78 Å². The smallest absolute Gasteiger partial charge is 0.226 e. The summed E-state index contributed by atoms with van der Waals surface area (Å²) >= 11 is 0. The van der Waals surface area contributed by atoms with Crippen molar-refractivity contribution in [1.82, 2.24) is 15.2 Å². The molecular weight excluding hydrogens is 324 g/mol. The number of hydrogen-bond donors (Lipinski definition) is 1. The second-order valence-corrected chi connectivity index (χ2v) is 6.65. The maximum absolute atomic E-state index is 14.0. The molecule has 4 nitrogen and oxygen atoms in total. The molecule has 6 heteroatoms. The Labute approximate surface area is 144 Å². The number of carbonyl (C=O) groups excluding carboxylic acids is 1. The topological polar surface area (TPSA) is 45.2 Å². The summed E-state index contributed by atoms with van der Waals surface area (Å²) in [4.78, 5) is 19.0. The zero-order valence-corrected chi connectivity index (χ0v) is 13.7. The summed E-state index contributed by atoms with van der Waals surface area (Å²) in [5, 5.41) is 3.31. The lowest BCUT2D eigenvalue weighted by Crippen LogP contribution is -2.49. The van der Waals surface area contributed by atoms with Gasteiger partial charge in [0, 0.05) is 37.9 Å². The van der Waals surface area contributed by atoms with Crippen LogP contribution in [0.15, 0.2) is 42.7 Å². The molecule has 4 rings (SSSR count). The quantitative estimate of drug-likeness (QED) is 0.932. The average Bonchev–Trinajstić information content (AvgIpc) is 3.44. The Morgan fingerprint density at radius 3 is 2.96 bits per heavy atom. The average molecular weight is 343 g/mol. The third kappa shape index (κ3) is 3.14. The van der Waals surface area contributed by atoms with Gasteiger partial charge in [-0.3, -0.25) is 9.78 Å². The maximum Gasteiger partial charge on any atom is 0.226 e. The predicted molar refractivity (Wildman–Crippen MR) is 88.8 cm³/mol. The fraction of sp³-hybridized carbons (Fsp3) is 0.368. The van der Waals surface area contributed by atoms with Gasteiger partial charge in [0.25, 0.3) is 0 Å². The van der Waals surface area contributed by atoms with Crippen LogP contribution in [0.5, 0.6) is 0 Å². The molecule has 1 aromatic carbocycles. The molecule has 1 aromatic heterocycles. The summed E-state index contributed by atoms with van der Waals surface area (Å²) in [6.45, 7) is 2.00. The largest absolute Gasteiger partial charge is 0.333 e. The first-order valence-corrected chi connectivity index (χ1v) is 8.51. The summed E-state index contributed by atoms with van der Waals surface area (Å²) in [7, 11) is 0. The minimum atomic E-state index is -0.468. The van der Waals surface area contributed by atoms with Gasteiger partial charge < -0.3 is 10.2 Å². The molecule has 130 valence electrons. The number of nitrogens with zero attached hydrogens (tertiary/aromatic N) is 2. The first-order chi connectivity index (χ1) is 12.1. The van der Waals surface area contributed by atoms with Gasteiger partial charge >= 0.3 is 0 Å². The van der Waals surface area contributed by atoms with Crippen molar-refractivity contribution in [3.05, 3.63) is 65.5 Å². The minimum absolute atomic E-state index is 0.0176. The van der Waals surface area contributed by atoms with Gasteiger partial charge in [-0.25, -0.2) is 8.78 Å². The van der Waals surface area contributed by atoms with E-state index in [4.69, 9.17) is 0 Å². The van der Waals surface area contributed by atoms with E-state index in [2.05, 4.69) is 10.3 Å². The van der Waals surface area contributed by atoms with Crippen molar-refractivity contribution in [2.75, 3.05) is 19.6 Å². The van der Waals surface area contributed by atoms with E-state index in [1.165, 1.54) is 6.07 Å². The van der Waals surface area contributed by atoms with Crippen molar-refractivity contribution >= 4 is 5.91 Å². The second-order valence-electron chi connectivity index (χ2n) is 6.65. The normalized spacial score (nSPS) is 25.7. The second kappa shape index (κ2) is 6.52. The molecule has 0 radical (unpaired) electrons. The standard InChI is InChI=1S/C19H19F2N3O/c20-13-3-4-17(21)15(8-13)14-9-16(14)19(25)24-7-6-23-11-18(24)12-2-1-5-22-10-12/h1-5,8,10,14,16,18,23H,6-7,9,11H2. The Hall–Kier alpha value is -2.34. The van der Waals surface area contributed by atoms with Gasteiger partial charge in [-0.1, -0.05) is 6.07 Å². The summed E-state index contributed by atoms with van der Waals surface area (Å²) in [5.74, 6) is -1.39. The van der Waals surface area contributed by atoms with Crippen LogP contribution in [0, 0.1) is 17.6 Å². The predicted octanol–water partition coefficient (Wildman–Crippen LogP) is 2.64. The molecule has 0 bridgehead atoms. The number of hydrogen-bond acceptors (Lipinski definition) is 3. The van der Waals surface area contributed by atoms with E-state index in [-0.39, 0.29) is 23.8 Å². The van der Waals surface area contributed by atoms with Gasteiger partial charge in [-0.15, -0.1) is 0 Å². The molecule has 2 fully saturated rings. The zero-order valence-electron chi connectivity index (χ0n) is 13.7. The monoisotopic (exact) mass is 343 g/mol. The van der Waals surface area contributed by atoms with Crippen LogP contribution in [0.1, 0.15) is 29.5 Å². The Morgan fingerprint density at radius 1 is 1.28 bits per heavy atom. The van der Waals surface area contributed by atoms with Crippen LogP contribution >= 0.6 is 0 Å². The van der Waals surface area contributed by atoms with Crippen LogP contribution in [0.25, 0.3) is 0 Å². The zero-order chi connectivity index (χ0) is 17.4. The lowest BCUT2D eigenvalue weighted by molar-refractivity contribution is -0.136. The van der Waals surface area contributed by atoms with Crippen molar-refractivity contribution < 1.29 is 13.6 Å². The third-order valence-corrected chi connectivity index (χ3v) is 5.06. The molecule has 2 aliphatic rings. The van der Waals surface area contributed by atoms with Gasteiger partial charge in [-0.05, 0) is 47.7 Å². The summed E-state index contributed by atoms with van der Waals surface area (Å²) in [6, 6.07) is 7.19. The van der Waals surface area contributed by atoms with Crippen molar-refractivity contribution in [3.8, 4) is 0 Å². The number of rotatable bonds is 3. The molecule has 2 aromatic rings. The van der Waals surface area contributed by atoms with E-state index in [9.17, 15) is 13.6 Å². The van der Waals surface area contributed by atoms with E-state index in [1.54, 1.807) is 12.4 Å². The van der Waals surface area contributed by atoms with Gasteiger partial charge in [0.2, 0.25) is 5.91 Å². The molecule has 3 atom stereocenters. The van der Waals surface area contributed by atoms with Gasteiger partial charge in [0.15, 0.2) is 0 Å². The highest BCUT2D eigenvalue weighted by molar-refractivity contribution is 5.83. The summed E-state index contributed by atoms with van der Waals surface area (Å²) in [5.41, 5.74) is 1.29. The van der Waals surface area contributed by atoms with E-state index < -0.39 is 11.6 Å². The van der Waals surface area contributed by atoms with Crippen molar-refractivity contribution in [3.63, 3.8) is 0 Å². The molecule has 1 saturated carbocycles. The first kappa shape index (κ1) is 16.1. The van der Waals surface area contributed by atoms with Gasteiger partial charge in [0.05, 0.1) is 6.04 Å². The number of amides is 1. The molecule has 1 saturated heterocycles. The molecule has 3 unspecified atom stereocenters. The Kier molecular flexibility index (Phi) is 4.21. The molecule has 1 amide bonds. The lowest BCUT2D eigenvalue weighted by atomic mass is 10.0. The first-order valence-electron chi connectivity index (χ1n) is 8.51. The Balaban J connectivity index is 1.53. The SMILES string of the molecule is O=C(C1CC1c1cc(F)ccc1F)N1CCNCC1c1cccnc1. The van der Waals surface area contributed by atoms with E-state index in [1.807, 2.05) is 17.0 Å². The molecule has 2 heterocycles. The van der Waals surface area contributed by atoms with Crippen molar-refractivity contribution in [2.24, 2.45) is 5.92 Å². The highest BCUT2D eigenvalue weighted by Crippen LogP contribution is 2.50. The lowest BCUT2D eigenvalue weighted by Gasteiger charge is -2.36. The summed E-state index contributed by atoms with van der Waals surface area (Å²) in [6.07, 6.45) is 4.05. The fourth-order valence-corrected chi connectivity index (χ4v) is 3.66. The van der Waals surface area contributed by atoms with E-state index >= 15 is 0 Å². The number of halogens is 2. The number of carbonyl (C=O) groups is 1. The van der Waals surface area contributed by atoms with Crippen LogP contribution in [-0.2, 0) is 4.79 Å². The number of nitrogens with one attached hydrogen (secondary N) is 1. The van der Waals surface area contributed by atoms with Crippen LogP contribution in [-0.4, -0.2) is 35.4 Å². The van der Waals surface area contributed by atoms with Gasteiger partial charge in [-0.2, -0.15) is 0 Å².